The highest BCUT2D eigenvalue weighted by molar-refractivity contribution is 6.64. The van der Waals surface area contributed by atoms with Gasteiger partial charge in [0, 0.05) is 13.1 Å². The number of nitrogens with one attached hydrogen (secondary N) is 1. The van der Waals surface area contributed by atoms with Crippen LogP contribution in [-0.2, 0) is 9.53 Å². The van der Waals surface area contributed by atoms with Gasteiger partial charge in [-0.25, -0.2) is 0 Å². The van der Waals surface area contributed by atoms with Crippen LogP contribution in [0, 0.1) is 0 Å². The SMILES string of the molecule is NCCOCCN[B]C=O. The molecule has 0 saturated heterocycles. The molecule has 0 aliphatic rings. The zero-order valence-electron chi connectivity index (χ0n) is 5.88. The largest absolute Gasteiger partial charge is 0.379 e. The summed E-state index contributed by atoms with van der Waals surface area (Å²) in [7, 11) is 1.34. The van der Waals surface area contributed by atoms with Gasteiger partial charge >= 0.3 is 0 Å². The molecule has 5 heteroatoms. The topological polar surface area (TPSA) is 64.3 Å². The minimum absolute atomic E-state index is 0.539. The molecule has 4 nitrogen and oxygen atoms in total. The van der Waals surface area contributed by atoms with Gasteiger partial charge in [-0.15, -0.1) is 0 Å². The maximum atomic E-state index is 9.71. The average molecular weight is 143 g/mol. The monoisotopic (exact) mass is 143 g/mol. The molecule has 0 bridgehead atoms. The molecule has 0 aromatic heterocycles. The van der Waals surface area contributed by atoms with Gasteiger partial charge in [-0.2, -0.15) is 0 Å². The van der Waals surface area contributed by atoms with Gasteiger partial charge in [-0.3, -0.25) is 0 Å². The Morgan fingerprint density at radius 1 is 1.60 bits per heavy atom. The number of rotatable bonds is 7. The third-order valence-corrected chi connectivity index (χ3v) is 0.839. The maximum absolute atomic E-state index is 9.71. The summed E-state index contributed by atoms with van der Waals surface area (Å²) in [6, 6.07) is 0. The summed E-state index contributed by atoms with van der Waals surface area (Å²) < 4.78 is 5.01. The Labute approximate surface area is 61.4 Å². The van der Waals surface area contributed by atoms with Gasteiger partial charge in [0.05, 0.1) is 19.4 Å². The molecule has 0 aliphatic carbocycles. The molecule has 0 aromatic carbocycles. The Hall–Kier alpha value is -0.385. The minimum Gasteiger partial charge on any atom is -0.379 e. The summed E-state index contributed by atoms with van der Waals surface area (Å²) in [5, 5.41) is 2.74. The van der Waals surface area contributed by atoms with Crippen molar-refractivity contribution in [2.75, 3.05) is 26.3 Å². The van der Waals surface area contributed by atoms with E-state index in [0.29, 0.717) is 32.5 Å². The van der Waals surface area contributed by atoms with Crippen LogP contribution in [0.15, 0.2) is 0 Å². The van der Waals surface area contributed by atoms with Crippen molar-refractivity contribution in [3.8, 4) is 0 Å². The van der Waals surface area contributed by atoms with Crippen LogP contribution in [0.25, 0.3) is 0 Å². The molecule has 0 heterocycles. The summed E-state index contributed by atoms with van der Waals surface area (Å²) in [5.41, 5.74) is 5.16. The van der Waals surface area contributed by atoms with Crippen molar-refractivity contribution in [3.05, 3.63) is 0 Å². The van der Waals surface area contributed by atoms with Gasteiger partial charge in [0.1, 0.15) is 0 Å². The first-order valence-corrected chi connectivity index (χ1v) is 3.20. The highest BCUT2D eigenvalue weighted by Crippen LogP contribution is 1.68. The Morgan fingerprint density at radius 2 is 2.40 bits per heavy atom. The average Bonchev–Trinajstić information content (AvgIpc) is 1.97. The molecule has 0 atom stereocenters. The summed E-state index contributed by atoms with van der Waals surface area (Å²) in [6.07, 6.45) is 0.697. The van der Waals surface area contributed by atoms with Crippen molar-refractivity contribution in [2.45, 2.75) is 0 Å². The van der Waals surface area contributed by atoms with Gasteiger partial charge in [0.15, 0.2) is 0 Å². The number of ether oxygens (including phenoxy) is 1. The van der Waals surface area contributed by atoms with Crippen LogP contribution in [0.1, 0.15) is 0 Å². The molecule has 0 unspecified atom stereocenters. The number of hydrogen-bond donors (Lipinski definition) is 2. The van der Waals surface area contributed by atoms with Crippen LogP contribution < -0.4 is 11.0 Å². The Balaban J connectivity index is 2.70. The van der Waals surface area contributed by atoms with E-state index in [2.05, 4.69) is 5.23 Å². The van der Waals surface area contributed by atoms with Crippen LogP contribution in [0.5, 0.6) is 0 Å². The first-order chi connectivity index (χ1) is 4.91. The van der Waals surface area contributed by atoms with Crippen molar-refractivity contribution >= 4 is 13.6 Å². The smallest absolute Gasteiger partial charge is 0.290 e. The quantitative estimate of drug-likeness (QED) is 0.255. The van der Waals surface area contributed by atoms with Gasteiger partial charge in [-0.05, 0) is 0 Å². The molecule has 0 rings (SSSR count). The van der Waals surface area contributed by atoms with Crippen LogP contribution in [0.4, 0.5) is 0 Å². The van der Waals surface area contributed by atoms with E-state index in [1.165, 1.54) is 7.41 Å². The Morgan fingerprint density at radius 3 is 3.00 bits per heavy atom. The first-order valence-electron chi connectivity index (χ1n) is 3.20. The molecule has 0 saturated carbocycles. The highest BCUT2D eigenvalue weighted by atomic mass is 16.5. The van der Waals surface area contributed by atoms with E-state index >= 15 is 0 Å². The molecule has 0 amide bonds. The lowest BCUT2D eigenvalue weighted by atomic mass is 9.99. The van der Waals surface area contributed by atoms with Gasteiger partial charge in [-0.1, -0.05) is 0 Å². The minimum atomic E-state index is 0.539. The van der Waals surface area contributed by atoms with E-state index in [1.54, 1.807) is 0 Å². The van der Waals surface area contributed by atoms with E-state index in [-0.39, 0.29) is 0 Å². The molecular weight excluding hydrogens is 131 g/mol. The summed E-state index contributed by atoms with van der Waals surface area (Å²) >= 11 is 0. The van der Waals surface area contributed by atoms with Crippen molar-refractivity contribution < 1.29 is 9.53 Å². The molecular formula is C5H12BN2O2. The normalized spacial score (nSPS) is 9.30. The molecule has 1 radical (unpaired) electrons. The van der Waals surface area contributed by atoms with Crippen LogP contribution in [0.2, 0.25) is 0 Å². The fraction of sp³-hybridized carbons (Fsp3) is 0.800. The zero-order chi connectivity index (χ0) is 7.66. The third kappa shape index (κ3) is 7.61. The molecule has 0 aliphatic heterocycles. The molecule has 3 N–H and O–H groups in total. The third-order valence-electron chi connectivity index (χ3n) is 0.839. The summed E-state index contributed by atoms with van der Waals surface area (Å²) in [5.74, 6) is 0. The fourth-order valence-corrected chi connectivity index (χ4v) is 0.448. The van der Waals surface area contributed by atoms with E-state index in [0.717, 1.165) is 0 Å². The second-order valence-corrected chi connectivity index (χ2v) is 1.66. The van der Waals surface area contributed by atoms with Gasteiger partial charge in [0.2, 0.25) is 0 Å². The highest BCUT2D eigenvalue weighted by Gasteiger charge is 1.87. The molecule has 10 heavy (non-hydrogen) atoms. The lowest BCUT2D eigenvalue weighted by Crippen LogP contribution is -2.25. The maximum Gasteiger partial charge on any atom is 0.290 e. The molecule has 0 aromatic rings. The molecule has 0 spiro atoms. The zero-order valence-corrected chi connectivity index (χ0v) is 5.88. The standard InChI is InChI=1S/C5H12BN2O2/c7-1-3-10-4-2-8-6-5-9/h5,8H,1-4,7H2. The molecule has 0 fully saturated rings. The lowest BCUT2D eigenvalue weighted by molar-refractivity contribution is 0.147. The van der Waals surface area contributed by atoms with E-state index in [9.17, 15) is 4.79 Å². The first kappa shape index (κ1) is 9.61. The predicted octanol–water partition coefficient (Wildman–Crippen LogP) is -1.64. The van der Waals surface area contributed by atoms with Crippen molar-refractivity contribution in [1.82, 2.24) is 5.23 Å². The van der Waals surface area contributed by atoms with Gasteiger partial charge in [0.25, 0.3) is 7.41 Å². The van der Waals surface area contributed by atoms with E-state index in [1.807, 2.05) is 0 Å². The molecule has 57 valence electrons. The Bertz CT molecular complexity index is 82.0. The second kappa shape index (κ2) is 8.61. The number of nitrogens with two attached hydrogens (primary N) is 1. The van der Waals surface area contributed by atoms with Crippen molar-refractivity contribution in [2.24, 2.45) is 5.73 Å². The lowest BCUT2D eigenvalue weighted by Gasteiger charge is -2.00. The van der Waals surface area contributed by atoms with E-state index in [4.69, 9.17) is 10.5 Å². The number of carbonyl (C=O) groups is 1. The van der Waals surface area contributed by atoms with Crippen LogP contribution in [-0.4, -0.2) is 39.9 Å². The van der Waals surface area contributed by atoms with Gasteiger partial charge < -0.3 is 20.5 Å². The van der Waals surface area contributed by atoms with Crippen molar-refractivity contribution in [3.63, 3.8) is 0 Å². The fourth-order valence-electron chi connectivity index (χ4n) is 0.448. The Kier molecular flexibility index (Phi) is 8.28. The van der Waals surface area contributed by atoms with Crippen LogP contribution in [0.3, 0.4) is 0 Å². The predicted molar refractivity (Wildman–Crippen MR) is 40.4 cm³/mol. The summed E-state index contributed by atoms with van der Waals surface area (Å²) in [4.78, 5) is 9.71. The second-order valence-electron chi connectivity index (χ2n) is 1.66. The number of hydrogen-bond acceptors (Lipinski definition) is 4. The number of carbonyl (C=O) groups excluding carboxylic acids is 1. The van der Waals surface area contributed by atoms with Crippen LogP contribution >= 0.6 is 0 Å². The summed E-state index contributed by atoms with van der Waals surface area (Å²) in [6.45, 7) is 2.35. The van der Waals surface area contributed by atoms with E-state index < -0.39 is 0 Å². The van der Waals surface area contributed by atoms with Crippen molar-refractivity contribution in [1.29, 1.82) is 0 Å².